The van der Waals surface area contributed by atoms with Crippen molar-refractivity contribution in [2.75, 3.05) is 19.5 Å². The quantitative estimate of drug-likeness (QED) is 0.779. The summed E-state index contributed by atoms with van der Waals surface area (Å²) in [6, 6.07) is 9.56. The van der Waals surface area contributed by atoms with E-state index in [1.165, 1.54) is 5.56 Å². The molecule has 0 bridgehead atoms. The molecule has 1 heterocycles. The number of nitrogens with one attached hydrogen (secondary N) is 1. The maximum absolute atomic E-state index is 11.6. The Kier molecular flexibility index (Phi) is 4.30. The minimum absolute atomic E-state index is 0.0288. The zero-order valence-corrected chi connectivity index (χ0v) is 15.7. The second kappa shape index (κ2) is 6.65. The van der Waals surface area contributed by atoms with Crippen LogP contribution in [0.25, 0.3) is 0 Å². The fourth-order valence-electron chi connectivity index (χ4n) is 4.43. The van der Waals surface area contributed by atoms with Crippen LogP contribution in [0.15, 0.2) is 42.5 Å². The van der Waals surface area contributed by atoms with Crippen LogP contribution in [0.2, 0.25) is 0 Å². The highest BCUT2D eigenvalue weighted by atomic mass is 16.5. The molecule has 27 heavy (non-hydrogen) atoms. The van der Waals surface area contributed by atoms with E-state index in [1.807, 2.05) is 31.2 Å². The highest BCUT2D eigenvalue weighted by Crippen LogP contribution is 2.52. The number of hydrogen-bond acceptors (Lipinski definition) is 4. The number of fused-ring (bicyclic) bond motifs is 3. The van der Waals surface area contributed by atoms with Crippen molar-refractivity contribution in [2.24, 2.45) is 5.92 Å². The highest BCUT2D eigenvalue weighted by molar-refractivity contribution is 5.92. The number of allylic oxidation sites excluding steroid dienone is 2. The monoisotopic (exact) mass is 365 g/mol. The van der Waals surface area contributed by atoms with Gasteiger partial charge in [-0.2, -0.15) is 0 Å². The first kappa shape index (κ1) is 17.5. The summed E-state index contributed by atoms with van der Waals surface area (Å²) in [6.07, 6.45) is 5.43. The number of rotatable bonds is 4. The number of carboxylic acids is 1. The minimum Gasteiger partial charge on any atom is -0.497 e. The van der Waals surface area contributed by atoms with Crippen molar-refractivity contribution in [3.8, 4) is 11.5 Å². The van der Waals surface area contributed by atoms with Crippen LogP contribution < -0.4 is 14.8 Å². The van der Waals surface area contributed by atoms with Gasteiger partial charge in [0.1, 0.15) is 11.5 Å². The van der Waals surface area contributed by atoms with E-state index < -0.39 is 5.97 Å². The number of carbonyl (C=O) groups is 1. The van der Waals surface area contributed by atoms with Crippen molar-refractivity contribution < 1.29 is 19.4 Å². The molecule has 1 aliphatic carbocycles. The molecule has 2 aliphatic rings. The number of benzene rings is 2. The van der Waals surface area contributed by atoms with Crippen LogP contribution in [0.5, 0.6) is 11.5 Å². The van der Waals surface area contributed by atoms with Gasteiger partial charge in [-0.15, -0.1) is 0 Å². The summed E-state index contributed by atoms with van der Waals surface area (Å²) in [5, 5.41) is 13.1. The zero-order valence-electron chi connectivity index (χ0n) is 15.7. The lowest BCUT2D eigenvalue weighted by Crippen LogP contribution is -2.30. The molecule has 2 aromatic carbocycles. The van der Waals surface area contributed by atoms with E-state index in [0.717, 1.165) is 34.7 Å². The molecule has 5 heteroatoms. The molecule has 0 saturated heterocycles. The Hall–Kier alpha value is -2.95. The molecular formula is C22H23NO4. The Labute approximate surface area is 158 Å². The van der Waals surface area contributed by atoms with E-state index in [2.05, 4.69) is 17.5 Å². The SMILES string of the molecule is COc1ccc([C@@H]2Nc3c(ccc(C(=O)O)c3C)[C@@H]3C=CC[C@@H]32)c(OC)c1. The van der Waals surface area contributed by atoms with Crippen molar-refractivity contribution >= 4 is 11.7 Å². The van der Waals surface area contributed by atoms with Gasteiger partial charge in [0.15, 0.2) is 0 Å². The van der Waals surface area contributed by atoms with Crippen LogP contribution in [0.3, 0.4) is 0 Å². The third-order valence-corrected chi connectivity index (χ3v) is 5.80. The van der Waals surface area contributed by atoms with Gasteiger partial charge in [0.25, 0.3) is 0 Å². The van der Waals surface area contributed by atoms with E-state index in [0.29, 0.717) is 11.5 Å². The van der Waals surface area contributed by atoms with Gasteiger partial charge in [-0.1, -0.05) is 18.2 Å². The van der Waals surface area contributed by atoms with Gasteiger partial charge >= 0.3 is 5.97 Å². The fraction of sp³-hybridized carbons (Fsp3) is 0.318. The van der Waals surface area contributed by atoms with Gasteiger partial charge in [-0.05, 0) is 48.6 Å². The van der Waals surface area contributed by atoms with E-state index in [1.54, 1.807) is 20.3 Å². The van der Waals surface area contributed by atoms with Crippen LogP contribution in [0, 0.1) is 12.8 Å². The maximum Gasteiger partial charge on any atom is 0.336 e. The Bertz CT molecular complexity index is 934. The van der Waals surface area contributed by atoms with Gasteiger partial charge in [0.05, 0.1) is 25.8 Å². The summed E-state index contributed by atoms with van der Waals surface area (Å²) in [4.78, 5) is 11.6. The van der Waals surface area contributed by atoms with Crippen molar-refractivity contribution in [1.29, 1.82) is 0 Å². The first-order valence-electron chi connectivity index (χ1n) is 9.07. The van der Waals surface area contributed by atoms with Gasteiger partial charge in [0, 0.05) is 23.2 Å². The number of carboxylic acid groups (broad SMARTS) is 1. The lowest BCUT2D eigenvalue weighted by Gasteiger charge is -2.39. The third kappa shape index (κ3) is 2.74. The molecule has 0 unspecified atom stereocenters. The Morgan fingerprint density at radius 2 is 1.93 bits per heavy atom. The molecule has 5 nitrogen and oxygen atoms in total. The molecule has 2 aromatic rings. The van der Waals surface area contributed by atoms with Crippen molar-refractivity contribution in [1.82, 2.24) is 0 Å². The molecule has 0 fully saturated rings. The van der Waals surface area contributed by atoms with Crippen LogP contribution in [-0.4, -0.2) is 25.3 Å². The summed E-state index contributed by atoms with van der Waals surface area (Å²) < 4.78 is 11.0. The number of aromatic carboxylic acids is 1. The van der Waals surface area contributed by atoms with E-state index >= 15 is 0 Å². The summed E-state index contributed by atoms with van der Waals surface area (Å²) >= 11 is 0. The Morgan fingerprint density at radius 1 is 1.15 bits per heavy atom. The Morgan fingerprint density at radius 3 is 2.63 bits per heavy atom. The smallest absolute Gasteiger partial charge is 0.336 e. The summed E-state index contributed by atoms with van der Waals surface area (Å²) in [7, 11) is 3.30. The molecule has 2 N–H and O–H groups in total. The Balaban J connectivity index is 1.84. The minimum atomic E-state index is -0.903. The van der Waals surface area contributed by atoms with Gasteiger partial charge in [-0.25, -0.2) is 4.79 Å². The first-order chi connectivity index (χ1) is 13.0. The molecule has 1 aliphatic heterocycles. The average Bonchev–Trinajstić information content (AvgIpc) is 3.17. The van der Waals surface area contributed by atoms with Crippen molar-refractivity contribution in [3.05, 3.63) is 64.7 Å². The average molecular weight is 365 g/mol. The molecule has 3 atom stereocenters. The predicted octanol–water partition coefficient (Wildman–Crippen LogP) is 4.54. The predicted molar refractivity (Wildman–Crippen MR) is 104 cm³/mol. The molecule has 0 aromatic heterocycles. The standard InChI is InChI=1S/C22H23NO4/c1-12-14(22(24)25)9-10-17-15-5-4-6-16(15)21(23-20(12)17)18-8-7-13(26-2)11-19(18)27-3/h4-5,7-11,15-16,21,23H,6H2,1-3H3,(H,24,25)/t15-,16+,21-/m1/s1. The van der Waals surface area contributed by atoms with Crippen LogP contribution in [-0.2, 0) is 0 Å². The van der Waals surface area contributed by atoms with Crippen LogP contribution in [0.1, 0.15) is 45.4 Å². The number of ether oxygens (including phenoxy) is 2. The number of hydrogen-bond donors (Lipinski definition) is 2. The molecule has 0 saturated carbocycles. The molecule has 0 amide bonds. The summed E-state index contributed by atoms with van der Waals surface area (Å²) in [5.74, 6) is 1.24. The van der Waals surface area contributed by atoms with Gasteiger partial charge in [-0.3, -0.25) is 0 Å². The summed E-state index contributed by atoms with van der Waals surface area (Å²) in [5.41, 5.74) is 4.26. The summed E-state index contributed by atoms with van der Waals surface area (Å²) in [6.45, 7) is 1.87. The number of methoxy groups -OCH3 is 2. The largest absolute Gasteiger partial charge is 0.497 e. The van der Waals surface area contributed by atoms with Crippen LogP contribution >= 0.6 is 0 Å². The maximum atomic E-state index is 11.6. The topological polar surface area (TPSA) is 67.8 Å². The van der Waals surface area contributed by atoms with E-state index in [4.69, 9.17) is 9.47 Å². The lowest BCUT2D eigenvalue weighted by atomic mass is 9.75. The zero-order chi connectivity index (χ0) is 19.1. The second-order valence-electron chi connectivity index (χ2n) is 7.09. The molecule has 0 spiro atoms. The van der Waals surface area contributed by atoms with Crippen molar-refractivity contribution in [2.45, 2.75) is 25.3 Å². The molecule has 4 rings (SSSR count). The third-order valence-electron chi connectivity index (χ3n) is 5.80. The first-order valence-corrected chi connectivity index (χ1v) is 9.07. The fourth-order valence-corrected chi connectivity index (χ4v) is 4.43. The second-order valence-corrected chi connectivity index (χ2v) is 7.09. The van der Waals surface area contributed by atoms with E-state index in [9.17, 15) is 9.90 Å². The van der Waals surface area contributed by atoms with Gasteiger partial charge < -0.3 is 19.9 Å². The molecule has 0 radical (unpaired) electrons. The normalized spacial score (nSPS) is 22.6. The molecular weight excluding hydrogens is 342 g/mol. The van der Waals surface area contributed by atoms with Crippen molar-refractivity contribution in [3.63, 3.8) is 0 Å². The van der Waals surface area contributed by atoms with Gasteiger partial charge in [0.2, 0.25) is 0 Å². The lowest BCUT2D eigenvalue weighted by molar-refractivity contribution is 0.0696. The highest BCUT2D eigenvalue weighted by Gasteiger charge is 2.40. The number of anilines is 1. The molecule has 140 valence electrons. The van der Waals surface area contributed by atoms with Crippen LogP contribution in [0.4, 0.5) is 5.69 Å². The van der Waals surface area contributed by atoms with E-state index in [-0.39, 0.29) is 12.0 Å².